The first kappa shape index (κ1) is 20.4. The average Bonchev–Trinajstić information content (AvgIpc) is 2.80. The molecule has 0 saturated carbocycles. The lowest BCUT2D eigenvalue weighted by Crippen LogP contribution is -2.47. The van der Waals surface area contributed by atoms with E-state index >= 15 is 0 Å². The van der Waals surface area contributed by atoms with Gasteiger partial charge in [0.15, 0.2) is 0 Å². The molecule has 1 aliphatic heterocycles. The van der Waals surface area contributed by atoms with Crippen molar-refractivity contribution in [3.63, 3.8) is 0 Å². The summed E-state index contributed by atoms with van der Waals surface area (Å²) in [7, 11) is 0. The Morgan fingerprint density at radius 3 is 2.50 bits per heavy atom. The Bertz CT molecular complexity index is 888. The van der Waals surface area contributed by atoms with E-state index < -0.39 is 0 Å². The molecule has 1 aromatic carbocycles. The first-order chi connectivity index (χ1) is 14.8. The second-order valence-electron chi connectivity index (χ2n) is 7.73. The third-order valence-corrected chi connectivity index (χ3v) is 5.62. The maximum Gasteiger partial charge on any atom is 0.321 e. The summed E-state index contributed by atoms with van der Waals surface area (Å²) in [5.41, 5.74) is 2.64. The van der Waals surface area contributed by atoms with Gasteiger partial charge in [-0.1, -0.05) is 19.1 Å². The van der Waals surface area contributed by atoms with E-state index in [0.717, 1.165) is 38.5 Å². The van der Waals surface area contributed by atoms with E-state index in [2.05, 4.69) is 55.9 Å². The molecule has 1 aliphatic rings. The van der Waals surface area contributed by atoms with Crippen LogP contribution in [0.25, 0.3) is 0 Å². The van der Waals surface area contributed by atoms with E-state index in [1.54, 1.807) is 18.5 Å². The van der Waals surface area contributed by atoms with Crippen molar-refractivity contribution >= 4 is 0 Å². The Morgan fingerprint density at radius 2 is 1.77 bits per heavy atom. The quantitative estimate of drug-likeness (QED) is 0.563. The second-order valence-corrected chi connectivity index (χ2v) is 7.73. The smallest absolute Gasteiger partial charge is 0.321 e. The van der Waals surface area contributed by atoms with E-state index in [-0.39, 0.29) is 0 Å². The van der Waals surface area contributed by atoms with Crippen LogP contribution in [0.1, 0.15) is 30.9 Å². The number of piperidine rings is 1. The number of nitrogens with zero attached hydrogens (tertiary/aromatic N) is 5. The van der Waals surface area contributed by atoms with Crippen LogP contribution in [-0.4, -0.2) is 50.4 Å². The zero-order valence-electron chi connectivity index (χ0n) is 17.5. The topological polar surface area (TPSA) is 54.4 Å². The number of pyridine rings is 1. The summed E-state index contributed by atoms with van der Waals surface area (Å²) in [6.07, 6.45) is 9.63. The van der Waals surface area contributed by atoms with Crippen LogP contribution in [0.5, 0.6) is 11.8 Å². The monoisotopic (exact) mass is 403 g/mol. The largest absolute Gasteiger partial charge is 0.424 e. The molecule has 6 heteroatoms. The SMILES string of the molecule is CCN(Cc1ccncc1)C1CCCN(Cc2ccc(Oc3ncccn3)cc2)C1. The van der Waals surface area contributed by atoms with Gasteiger partial charge in [0.1, 0.15) is 5.75 Å². The molecule has 1 atom stereocenters. The Kier molecular flexibility index (Phi) is 7.00. The predicted molar refractivity (Wildman–Crippen MR) is 117 cm³/mol. The molecule has 0 N–H and O–H groups in total. The van der Waals surface area contributed by atoms with E-state index in [0.29, 0.717) is 12.1 Å². The lowest BCUT2D eigenvalue weighted by molar-refractivity contribution is 0.0917. The van der Waals surface area contributed by atoms with E-state index in [4.69, 9.17) is 4.74 Å². The lowest BCUT2D eigenvalue weighted by Gasteiger charge is -2.39. The maximum absolute atomic E-state index is 5.70. The molecule has 0 amide bonds. The molecule has 1 unspecified atom stereocenters. The standard InChI is InChI=1S/C24H29N5O/c1-2-29(18-21-10-14-25-15-11-21)22-5-3-16-28(19-22)17-20-6-8-23(9-7-20)30-24-26-12-4-13-27-24/h4,6-15,22H,2-3,5,16-19H2,1H3. The van der Waals surface area contributed by atoms with Crippen LogP contribution in [0.15, 0.2) is 67.3 Å². The van der Waals surface area contributed by atoms with Crippen molar-refractivity contribution in [2.45, 2.75) is 38.9 Å². The summed E-state index contributed by atoms with van der Waals surface area (Å²) in [5, 5.41) is 0. The van der Waals surface area contributed by atoms with Gasteiger partial charge in [0.05, 0.1) is 0 Å². The van der Waals surface area contributed by atoms with Gasteiger partial charge in [-0.05, 0) is 67.4 Å². The van der Waals surface area contributed by atoms with Crippen molar-refractivity contribution in [1.29, 1.82) is 0 Å². The summed E-state index contributed by atoms with van der Waals surface area (Å²) in [4.78, 5) is 17.5. The minimum Gasteiger partial charge on any atom is -0.424 e. The number of hydrogen-bond acceptors (Lipinski definition) is 6. The van der Waals surface area contributed by atoms with Gasteiger partial charge in [-0.15, -0.1) is 0 Å². The minimum absolute atomic E-state index is 0.373. The number of benzene rings is 1. The van der Waals surface area contributed by atoms with Crippen LogP contribution in [-0.2, 0) is 13.1 Å². The first-order valence-corrected chi connectivity index (χ1v) is 10.7. The number of rotatable bonds is 8. The Labute approximate surface area is 178 Å². The molecule has 3 heterocycles. The molecule has 156 valence electrons. The van der Waals surface area contributed by atoms with E-state index in [1.165, 1.54) is 24.0 Å². The molecule has 0 spiro atoms. The van der Waals surface area contributed by atoms with Gasteiger partial charge in [0, 0.05) is 50.5 Å². The number of likely N-dealkylation sites (N-methyl/N-ethyl adjacent to an activating group) is 1. The Balaban J connectivity index is 1.33. The van der Waals surface area contributed by atoms with Gasteiger partial charge in [0.2, 0.25) is 0 Å². The van der Waals surface area contributed by atoms with Crippen molar-refractivity contribution in [2.75, 3.05) is 19.6 Å². The molecule has 0 aliphatic carbocycles. The predicted octanol–water partition coefficient (Wildman–Crippen LogP) is 4.15. The highest BCUT2D eigenvalue weighted by atomic mass is 16.5. The zero-order chi connectivity index (χ0) is 20.6. The van der Waals surface area contributed by atoms with Crippen LogP contribution in [0.2, 0.25) is 0 Å². The summed E-state index contributed by atoms with van der Waals surface area (Å²) in [6, 6.07) is 15.2. The van der Waals surface area contributed by atoms with Gasteiger partial charge >= 0.3 is 6.01 Å². The number of ether oxygens (including phenoxy) is 1. The Hall–Kier alpha value is -2.83. The second kappa shape index (κ2) is 10.3. The average molecular weight is 404 g/mol. The summed E-state index contributed by atoms with van der Waals surface area (Å²) < 4.78 is 5.70. The minimum atomic E-state index is 0.373. The summed E-state index contributed by atoms with van der Waals surface area (Å²) >= 11 is 0. The van der Waals surface area contributed by atoms with E-state index in [1.807, 2.05) is 24.5 Å². The molecule has 2 aromatic heterocycles. The molecule has 6 nitrogen and oxygen atoms in total. The van der Waals surface area contributed by atoms with Crippen LogP contribution in [0.3, 0.4) is 0 Å². The van der Waals surface area contributed by atoms with Crippen LogP contribution in [0.4, 0.5) is 0 Å². The highest BCUT2D eigenvalue weighted by Gasteiger charge is 2.24. The van der Waals surface area contributed by atoms with Gasteiger partial charge in [0.25, 0.3) is 0 Å². The lowest BCUT2D eigenvalue weighted by atomic mass is 10.0. The third kappa shape index (κ3) is 5.62. The first-order valence-electron chi connectivity index (χ1n) is 10.7. The van der Waals surface area contributed by atoms with Crippen molar-refractivity contribution in [3.8, 4) is 11.8 Å². The van der Waals surface area contributed by atoms with Crippen LogP contribution in [0, 0.1) is 0 Å². The summed E-state index contributed by atoms with van der Waals surface area (Å²) in [6.45, 7) is 7.54. The molecule has 0 radical (unpaired) electrons. The van der Waals surface area contributed by atoms with Crippen molar-refractivity contribution in [1.82, 2.24) is 24.8 Å². The van der Waals surface area contributed by atoms with Gasteiger partial charge in [-0.25, -0.2) is 9.97 Å². The molecular weight excluding hydrogens is 374 g/mol. The number of likely N-dealkylation sites (tertiary alicyclic amines) is 1. The molecule has 30 heavy (non-hydrogen) atoms. The normalized spacial score (nSPS) is 17.2. The maximum atomic E-state index is 5.70. The highest BCUT2D eigenvalue weighted by molar-refractivity contribution is 5.29. The molecule has 4 rings (SSSR count). The highest BCUT2D eigenvalue weighted by Crippen LogP contribution is 2.22. The van der Waals surface area contributed by atoms with Crippen LogP contribution >= 0.6 is 0 Å². The summed E-state index contributed by atoms with van der Waals surface area (Å²) in [5.74, 6) is 0.760. The number of hydrogen-bond donors (Lipinski definition) is 0. The van der Waals surface area contributed by atoms with Crippen molar-refractivity contribution in [2.24, 2.45) is 0 Å². The Morgan fingerprint density at radius 1 is 1.00 bits per heavy atom. The molecular formula is C24H29N5O. The van der Waals surface area contributed by atoms with Crippen molar-refractivity contribution < 1.29 is 4.74 Å². The molecule has 3 aromatic rings. The van der Waals surface area contributed by atoms with Gasteiger partial charge in [-0.2, -0.15) is 0 Å². The third-order valence-electron chi connectivity index (χ3n) is 5.62. The van der Waals surface area contributed by atoms with Gasteiger partial charge in [-0.3, -0.25) is 14.8 Å². The van der Waals surface area contributed by atoms with Crippen molar-refractivity contribution in [3.05, 3.63) is 78.4 Å². The van der Waals surface area contributed by atoms with Crippen LogP contribution < -0.4 is 4.74 Å². The number of aromatic nitrogens is 3. The molecule has 1 fully saturated rings. The molecule has 1 saturated heterocycles. The fourth-order valence-corrected chi connectivity index (χ4v) is 4.06. The fourth-order valence-electron chi connectivity index (χ4n) is 4.06. The molecule has 0 bridgehead atoms. The van der Waals surface area contributed by atoms with E-state index in [9.17, 15) is 0 Å². The zero-order valence-corrected chi connectivity index (χ0v) is 17.5. The van der Waals surface area contributed by atoms with Gasteiger partial charge < -0.3 is 4.74 Å². The fraction of sp³-hybridized carbons (Fsp3) is 0.375.